The first-order chi connectivity index (χ1) is 8.54. The van der Waals surface area contributed by atoms with Crippen molar-refractivity contribution < 1.29 is 9.50 Å². The van der Waals surface area contributed by atoms with Crippen LogP contribution in [0.5, 0.6) is 0 Å². The molecule has 2 nitrogen and oxygen atoms in total. The van der Waals surface area contributed by atoms with Gasteiger partial charge in [-0.15, -0.1) is 0 Å². The Bertz CT molecular complexity index is 535. The van der Waals surface area contributed by atoms with Crippen LogP contribution >= 0.6 is 0 Å². The molecule has 0 aliphatic rings. The lowest BCUT2D eigenvalue weighted by Crippen LogP contribution is -2.19. The van der Waals surface area contributed by atoms with Crippen molar-refractivity contribution in [2.75, 3.05) is 0 Å². The highest BCUT2D eigenvalue weighted by Gasteiger charge is 2.20. The fourth-order valence-corrected chi connectivity index (χ4v) is 1.91. The van der Waals surface area contributed by atoms with Gasteiger partial charge in [-0.1, -0.05) is 49.4 Å². The summed E-state index contributed by atoms with van der Waals surface area (Å²) in [4.78, 5) is 0. The Morgan fingerprint density at radius 3 is 2.16 bits per heavy atom. The highest BCUT2D eigenvalue weighted by atomic mass is 19.1. The van der Waals surface area contributed by atoms with Crippen molar-refractivity contribution in [2.24, 2.45) is 0 Å². The Balaban J connectivity index is 0.00000180. The molecule has 0 heterocycles. The van der Waals surface area contributed by atoms with Crippen molar-refractivity contribution in [1.82, 2.24) is 6.15 Å². The van der Waals surface area contributed by atoms with Crippen molar-refractivity contribution in [3.8, 4) is 11.1 Å². The molecule has 0 amide bonds. The van der Waals surface area contributed by atoms with Crippen LogP contribution in [-0.4, -0.2) is 5.11 Å². The molecule has 0 fully saturated rings. The van der Waals surface area contributed by atoms with Gasteiger partial charge in [-0.2, -0.15) is 0 Å². The minimum Gasteiger partial charge on any atom is -0.385 e. The summed E-state index contributed by atoms with van der Waals surface area (Å²) >= 11 is 0. The van der Waals surface area contributed by atoms with Gasteiger partial charge in [0.25, 0.3) is 0 Å². The summed E-state index contributed by atoms with van der Waals surface area (Å²) in [5.74, 6) is -0.229. The second kappa shape index (κ2) is 5.95. The first-order valence-corrected chi connectivity index (χ1v) is 6.12. The van der Waals surface area contributed by atoms with Gasteiger partial charge >= 0.3 is 0 Å². The van der Waals surface area contributed by atoms with Gasteiger partial charge in [-0.25, -0.2) is 4.39 Å². The van der Waals surface area contributed by atoms with Crippen LogP contribution in [0.4, 0.5) is 4.39 Å². The monoisotopic (exact) mass is 261 g/mol. The van der Waals surface area contributed by atoms with Crippen LogP contribution in [0.25, 0.3) is 11.1 Å². The molecule has 0 aliphatic carbocycles. The lowest BCUT2D eigenvalue weighted by atomic mass is 9.92. The molecular weight excluding hydrogens is 241 g/mol. The Morgan fingerprint density at radius 1 is 1.05 bits per heavy atom. The van der Waals surface area contributed by atoms with Gasteiger partial charge in [0.2, 0.25) is 0 Å². The van der Waals surface area contributed by atoms with Crippen LogP contribution < -0.4 is 6.15 Å². The lowest BCUT2D eigenvalue weighted by molar-refractivity contribution is 0.0531. The second-order valence-corrected chi connectivity index (χ2v) is 4.68. The van der Waals surface area contributed by atoms with Gasteiger partial charge in [0.15, 0.2) is 0 Å². The van der Waals surface area contributed by atoms with Gasteiger partial charge in [0, 0.05) is 5.56 Å². The topological polar surface area (TPSA) is 55.2 Å². The molecule has 0 bridgehead atoms. The Kier molecular flexibility index (Phi) is 4.81. The average molecular weight is 261 g/mol. The lowest BCUT2D eigenvalue weighted by Gasteiger charge is -2.22. The van der Waals surface area contributed by atoms with E-state index in [0.29, 0.717) is 12.0 Å². The predicted octanol–water partition coefficient (Wildman–Crippen LogP) is 4.27. The summed E-state index contributed by atoms with van der Waals surface area (Å²) in [6.07, 6.45) is 0.645. The van der Waals surface area contributed by atoms with Gasteiger partial charge in [0.05, 0.1) is 5.60 Å². The van der Waals surface area contributed by atoms with Crippen LogP contribution in [0.3, 0.4) is 0 Å². The molecule has 1 unspecified atom stereocenters. The molecule has 0 radical (unpaired) electrons. The molecule has 4 N–H and O–H groups in total. The first-order valence-electron chi connectivity index (χ1n) is 6.12. The van der Waals surface area contributed by atoms with Crippen LogP contribution in [0.15, 0.2) is 48.5 Å². The van der Waals surface area contributed by atoms with Crippen molar-refractivity contribution >= 4 is 0 Å². The van der Waals surface area contributed by atoms with E-state index in [1.165, 1.54) is 6.07 Å². The molecule has 19 heavy (non-hydrogen) atoms. The first kappa shape index (κ1) is 15.3. The van der Waals surface area contributed by atoms with Crippen molar-refractivity contribution in [2.45, 2.75) is 25.9 Å². The van der Waals surface area contributed by atoms with Crippen molar-refractivity contribution in [1.29, 1.82) is 0 Å². The van der Waals surface area contributed by atoms with E-state index in [4.69, 9.17) is 0 Å². The highest BCUT2D eigenvalue weighted by Crippen LogP contribution is 2.28. The van der Waals surface area contributed by atoms with E-state index in [1.54, 1.807) is 19.1 Å². The summed E-state index contributed by atoms with van der Waals surface area (Å²) in [7, 11) is 0. The van der Waals surface area contributed by atoms with Gasteiger partial charge in [-0.3, -0.25) is 0 Å². The smallest absolute Gasteiger partial charge is 0.131 e. The van der Waals surface area contributed by atoms with Crippen molar-refractivity contribution in [3.63, 3.8) is 0 Å². The fraction of sp³-hybridized carbons (Fsp3) is 0.250. The summed E-state index contributed by atoms with van der Waals surface area (Å²) < 4.78 is 13.6. The quantitative estimate of drug-likeness (QED) is 0.866. The SMILES string of the molecule is CCC(C)(O)c1ccc(-c2ccccc2F)cc1.N. The number of halogens is 1. The van der Waals surface area contributed by atoms with E-state index < -0.39 is 5.60 Å². The minimum absolute atomic E-state index is 0. The number of hydrogen-bond acceptors (Lipinski definition) is 2. The number of benzene rings is 2. The van der Waals surface area contributed by atoms with Crippen LogP contribution in [0.1, 0.15) is 25.8 Å². The number of rotatable bonds is 3. The van der Waals surface area contributed by atoms with Gasteiger partial charge in [0.1, 0.15) is 5.82 Å². The Morgan fingerprint density at radius 2 is 1.63 bits per heavy atom. The van der Waals surface area contributed by atoms with Crippen LogP contribution in [0, 0.1) is 5.82 Å². The molecular formula is C16H20FNO. The molecule has 2 rings (SSSR count). The normalized spacial score (nSPS) is 13.5. The summed E-state index contributed by atoms with van der Waals surface area (Å²) in [6, 6.07) is 14.1. The zero-order valence-electron chi connectivity index (χ0n) is 11.4. The van der Waals surface area contributed by atoms with Crippen molar-refractivity contribution in [3.05, 3.63) is 59.9 Å². The molecule has 0 spiro atoms. The average Bonchev–Trinajstić information content (AvgIpc) is 2.39. The van der Waals surface area contributed by atoms with Gasteiger partial charge in [-0.05, 0) is 30.5 Å². The molecule has 1 atom stereocenters. The molecule has 0 saturated carbocycles. The number of aliphatic hydroxyl groups is 1. The zero-order chi connectivity index (χ0) is 13.2. The largest absolute Gasteiger partial charge is 0.385 e. The summed E-state index contributed by atoms with van der Waals surface area (Å²) in [5, 5.41) is 10.1. The third-order valence-electron chi connectivity index (χ3n) is 3.38. The predicted molar refractivity (Wildman–Crippen MR) is 76.7 cm³/mol. The van der Waals surface area contributed by atoms with E-state index in [-0.39, 0.29) is 12.0 Å². The summed E-state index contributed by atoms with van der Waals surface area (Å²) in [5.41, 5.74) is 1.43. The maximum Gasteiger partial charge on any atom is 0.131 e. The number of hydrogen-bond donors (Lipinski definition) is 2. The van der Waals surface area contributed by atoms with E-state index in [0.717, 1.165) is 11.1 Å². The molecule has 2 aromatic carbocycles. The third-order valence-corrected chi connectivity index (χ3v) is 3.38. The van der Waals surface area contributed by atoms with E-state index >= 15 is 0 Å². The molecule has 2 aromatic rings. The van der Waals surface area contributed by atoms with E-state index in [2.05, 4.69) is 0 Å². The summed E-state index contributed by atoms with van der Waals surface area (Å²) in [6.45, 7) is 3.72. The standard InChI is InChI=1S/C16H17FO.H3N/c1-3-16(2,18)13-10-8-12(9-11-13)14-6-4-5-7-15(14)17;/h4-11,18H,3H2,1-2H3;1H3. The fourth-order valence-electron chi connectivity index (χ4n) is 1.91. The third kappa shape index (κ3) is 3.19. The molecule has 102 valence electrons. The molecule has 0 aliphatic heterocycles. The zero-order valence-corrected chi connectivity index (χ0v) is 11.4. The molecule has 0 aromatic heterocycles. The van der Waals surface area contributed by atoms with Crippen LogP contribution in [0.2, 0.25) is 0 Å². The maximum atomic E-state index is 13.6. The Labute approximate surface area is 113 Å². The van der Waals surface area contributed by atoms with Crippen LogP contribution in [-0.2, 0) is 5.60 Å². The Hall–Kier alpha value is -1.71. The van der Waals surface area contributed by atoms with Gasteiger partial charge < -0.3 is 11.3 Å². The minimum atomic E-state index is -0.826. The maximum absolute atomic E-state index is 13.6. The highest BCUT2D eigenvalue weighted by molar-refractivity contribution is 5.64. The van der Waals surface area contributed by atoms with E-state index in [1.807, 2.05) is 37.3 Å². The second-order valence-electron chi connectivity index (χ2n) is 4.68. The molecule has 3 heteroatoms. The van der Waals surface area contributed by atoms with E-state index in [9.17, 15) is 9.50 Å². The molecule has 0 saturated heterocycles.